The zero-order valence-electron chi connectivity index (χ0n) is 15.1. The number of rotatable bonds is 9. The molecule has 0 aliphatic carbocycles. The molecule has 1 aromatic rings. The molecule has 0 amide bonds. The summed E-state index contributed by atoms with van der Waals surface area (Å²) in [6.45, 7) is 13.7. The van der Waals surface area contributed by atoms with Crippen molar-refractivity contribution in [1.29, 1.82) is 0 Å². The Kier molecular flexibility index (Phi) is 12.7. The fourth-order valence-corrected chi connectivity index (χ4v) is 3.16. The predicted octanol–water partition coefficient (Wildman–Crippen LogP) is 2.82. The Balaban J connectivity index is 0.00000484. The summed E-state index contributed by atoms with van der Waals surface area (Å²) in [5.74, 6) is 0.873. The number of aromatic nitrogens is 1. The first-order chi connectivity index (χ1) is 10.6. The minimum atomic E-state index is 0. The van der Waals surface area contributed by atoms with Crippen molar-refractivity contribution in [2.75, 3.05) is 39.8 Å². The SMILES string of the molecule is CCCN(CC)CCNC(=NC)NCCc1nc(C)c(C)s1.I. The van der Waals surface area contributed by atoms with E-state index < -0.39 is 0 Å². The van der Waals surface area contributed by atoms with Crippen LogP contribution in [0, 0.1) is 13.8 Å². The van der Waals surface area contributed by atoms with Crippen molar-refractivity contribution < 1.29 is 0 Å². The lowest BCUT2D eigenvalue weighted by Gasteiger charge is -2.20. The Morgan fingerprint density at radius 1 is 1.17 bits per heavy atom. The van der Waals surface area contributed by atoms with E-state index in [4.69, 9.17) is 0 Å². The van der Waals surface area contributed by atoms with E-state index in [0.717, 1.165) is 50.8 Å². The van der Waals surface area contributed by atoms with Gasteiger partial charge in [-0.2, -0.15) is 0 Å². The van der Waals surface area contributed by atoms with Gasteiger partial charge in [0, 0.05) is 38.0 Å². The van der Waals surface area contributed by atoms with Gasteiger partial charge in [0.15, 0.2) is 5.96 Å². The second kappa shape index (κ2) is 12.9. The smallest absolute Gasteiger partial charge is 0.191 e. The van der Waals surface area contributed by atoms with Crippen LogP contribution in [-0.4, -0.2) is 55.6 Å². The molecule has 0 aromatic carbocycles. The van der Waals surface area contributed by atoms with Gasteiger partial charge >= 0.3 is 0 Å². The van der Waals surface area contributed by atoms with E-state index in [2.05, 4.69) is 53.2 Å². The van der Waals surface area contributed by atoms with Crippen molar-refractivity contribution in [3.63, 3.8) is 0 Å². The average molecular weight is 453 g/mol. The van der Waals surface area contributed by atoms with E-state index in [-0.39, 0.29) is 24.0 Å². The molecule has 0 spiro atoms. The van der Waals surface area contributed by atoms with Crippen molar-refractivity contribution in [3.05, 3.63) is 15.6 Å². The highest BCUT2D eigenvalue weighted by Crippen LogP contribution is 2.16. The summed E-state index contributed by atoms with van der Waals surface area (Å²) < 4.78 is 0. The molecule has 1 rings (SSSR count). The van der Waals surface area contributed by atoms with Crippen LogP contribution in [-0.2, 0) is 6.42 Å². The van der Waals surface area contributed by atoms with Gasteiger partial charge in [0.1, 0.15) is 0 Å². The highest BCUT2D eigenvalue weighted by molar-refractivity contribution is 14.0. The molecule has 0 unspecified atom stereocenters. The van der Waals surface area contributed by atoms with Gasteiger partial charge in [0.05, 0.1) is 10.7 Å². The minimum Gasteiger partial charge on any atom is -0.356 e. The first kappa shape index (κ1) is 22.6. The highest BCUT2D eigenvalue weighted by atomic mass is 127. The summed E-state index contributed by atoms with van der Waals surface area (Å²) >= 11 is 1.79. The third kappa shape index (κ3) is 8.85. The van der Waals surface area contributed by atoms with E-state index in [0.29, 0.717) is 0 Å². The van der Waals surface area contributed by atoms with Gasteiger partial charge in [-0.15, -0.1) is 35.3 Å². The lowest BCUT2D eigenvalue weighted by atomic mass is 10.4. The van der Waals surface area contributed by atoms with E-state index in [1.54, 1.807) is 11.3 Å². The van der Waals surface area contributed by atoms with Crippen LogP contribution in [0.5, 0.6) is 0 Å². The van der Waals surface area contributed by atoms with Crippen LogP contribution in [0.4, 0.5) is 0 Å². The van der Waals surface area contributed by atoms with E-state index >= 15 is 0 Å². The molecule has 0 bridgehead atoms. The minimum absolute atomic E-state index is 0. The quantitative estimate of drug-likeness (QED) is 0.343. The number of aliphatic imine (C=N–C) groups is 1. The lowest BCUT2D eigenvalue weighted by Crippen LogP contribution is -2.42. The highest BCUT2D eigenvalue weighted by Gasteiger charge is 2.05. The Morgan fingerprint density at radius 2 is 1.87 bits per heavy atom. The third-order valence-electron chi connectivity index (χ3n) is 3.64. The number of nitrogens with zero attached hydrogens (tertiary/aromatic N) is 3. The van der Waals surface area contributed by atoms with Crippen LogP contribution >= 0.6 is 35.3 Å². The number of guanidine groups is 1. The van der Waals surface area contributed by atoms with E-state index in [1.807, 2.05) is 7.05 Å². The maximum atomic E-state index is 4.56. The lowest BCUT2D eigenvalue weighted by molar-refractivity contribution is 0.293. The number of likely N-dealkylation sites (N-methyl/N-ethyl adjacent to an activating group) is 1. The first-order valence-corrected chi connectivity index (χ1v) is 9.02. The monoisotopic (exact) mass is 453 g/mol. The zero-order valence-corrected chi connectivity index (χ0v) is 18.3. The van der Waals surface area contributed by atoms with Gasteiger partial charge in [-0.05, 0) is 33.4 Å². The van der Waals surface area contributed by atoms with Crippen LogP contribution in [0.15, 0.2) is 4.99 Å². The normalized spacial score (nSPS) is 11.5. The topological polar surface area (TPSA) is 52.5 Å². The summed E-state index contributed by atoms with van der Waals surface area (Å²) in [4.78, 5) is 12.6. The molecule has 23 heavy (non-hydrogen) atoms. The number of halogens is 1. The zero-order chi connectivity index (χ0) is 16.4. The average Bonchev–Trinajstić information content (AvgIpc) is 2.83. The second-order valence-electron chi connectivity index (χ2n) is 5.36. The molecular formula is C16H32IN5S. The predicted molar refractivity (Wildman–Crippen MR) is 112 cm³/mol. The Labute approximate surface area is 162 Å². The molecule has 0 radical (unpaired) electrons. The van der Waals surface area contributed by atoms with Gasteiger partial charge in [-0.3, -0.25) is 4.99 Å². The standard InChI is InChI=1S/C16H31N5S.HI/c1-6-11-21(7-2)12-10-19-16(17-5)18-9-8-15-20-13(3)14(4)22-15;/h6-12H2,1-5H3,(H2,17,18,19);1H. The second-order valence-corrected chi connectivity index (χ2v) is 6.65. The van der Waals surface area contributed by atoms with Crippen LogP contribution in [0.3, 0.4) is 0 Å². The summed E-state index contributed by atoms with van der Waals surface area (Å²) in [6, 6.07) is 0. The summed E-state index contributed by atoms with van der Waals surface area (Å²) in [5.41, 5.74) is 1.15. The molecule has 0 saturated carbocycles. The number of hydrogen-bond donors (Lipinski definition) is 2. The molecule has 0 aliphatic rings. The van der Waals surface area contributed by atoms with Crippen molar-refractivity contribution in [2.45, 2.75) is 40.5 Å². The van der Waals surface area contributed by atoms with Gasteiger partial charge in [0.25, 0.3) is 0 Å². The summed E-state index contributed by atoms with van der Waals surface area (Å²) in [6.07, 6.45) is 2.14. The van der Waals surface area contributed by atoms with E-state index in [9.17, 15) is 0 Å². The maximum Gasteiger partial charge on any atom is 0.191 e. The summed E-state index contributed by atoms with van der Waals surface area (Å²) in [7, 11) is 1.82. The number of aryl methyl sites for hydroxylation is 2. The molecule has 0 fully saturated rings. The van der Waals surface area contributed by atoms with Crippen molar-refractivity contribution in [2.24, 2.45) is 4.99 Å². The third-order valence-corrected chi connectivity index (χ3v) is 4.77. The molecule has 5 nitrogen and oxygen atoms in total. The molecule has 0 atom stereocenters. The van der Waals surface area contributed by atoms with Crippen molar-refractivity contribution in [1.82, 2.24) is 20.5 Å². The number of nitrogens with one attached hydrogen (secondary N) is 2. The Bertz CT molecular complexity index is 442. The van der Waals surface area contributed by atoms with Gasteiger partial charge in [-0.25, -0.2) is 4.98 Å². The molecule has 1 aromatic heterocycles. The largest absolute Gasteiger partial charge is 0.356 e. The fourth-order valence-electron chi connectivity index (χ4n) is 2.23. The van der Waals surface area contributed by atoms with Crippen LogP contribution in [0.1, 0.15) is 35.8 Å². The number of hydrogen-bond acceptors (Lipinski definition) is 4. The van der Waals surface area contributed by atoms with Crippen LogP contribution in [0.25, 0.3) is 0 Å². The molecule has 7 heteroatoms. The molecular weight excluding hydrogens is 421 g/mol. The molecule has 134 valence electrons. The maximum absolute atomic E-state index is 4.56. The molecule has 2 N–H and O–H groups in total. The molecule has 0 aliphatic heterocycles. The molecule has 0 saturated heterocycles. The van der Waals surface area contributed by atoms with Crippen LogP contribution < -0.4 is 10.6 Å². The molecule has 1 heterocycles. The number of thiazole rings is 1. The van der Waals surface area contributed by atoms with Gasteiger partial charge < -0.3 is 15.5 Å². The van der Waals surface area contributed by atoms with Gasteiger partial charge in [-0.1, -0.05) is 13.8 Å². The first-order valence-electron chi connectivity index (χ1n) is 8.20. The summed E-state index contributed by atoms with van der Waals surface area (Å²) in [5, 5.41) is 7.93. The van der Waals surface area contributed by atoms with Crippen molar-refractivity contribution >= 4 is 41.3 Å². The van der Waals surface area contributed by atoms with Crippen LogP contribution in [0.2, 0.25) is 0 Å². The van der Waals surface area contributed by atoms with E-state index in [1.165, 1.54) is 16.3 Å². The Morgan fingerprint density at radius 3 is 2.39 bits per heavy atom. The fraction of sp³-hybridized carbons (Fsp3) is 0.750. The van der Waals surface area contributed by atoms with Gasteiger partial charge in [0.2, 0.25) is 0 Å². The Hall–Kier alpha value is -0.410. The van der Waals surface area contributed by atoms with Crippen molar-refractivity contribution in [3.8, 4) is 0 Å².